The van der Waals surface area contributed by atoms with Gasteiger partial charge in [-0.2, -0.15) is 0 Å². The zero-order valence-electron chi connectivity index (χ0n) is 12.8. The molecule has 1 saturated carbocycles. The Morgan fingerprint density at radius 3 is 2.80 bits per heavy atom. The fourth-order valence-electron chi connectivity index (χ4n) is 3.49. The first-order valence-electron chi connectivity index (χ1n) is 7.52. The van der Waals surface area contributed by atoms with Crippen molar-refractivity contribution in [3.63, 3.8) is 0 Å². The van der Waals surface area contributed by atoms with Gasteiger partial charge >= 0.3 is 0 Å². The molecule has 0 saturated heterocycles. The molecule has 1 fully saturated rings. The second-order valence-electron chi connectivity index (χ2n) is 6.93. The van der Waals surface area contributed by atoms with Crippen molar-refractivity contribution in [2.24, 2.45) is 17.1 Å². The molecule has 2 nitrogen and oxygen atoms in total. The first kappa shape index (κ1) is 14.0. The summed E-state index contributed by atoms with van der Waals surface area (Å²) in [6, 6.07) is 6.88. The van der Waals surface area contributed by atoms with E-state index >= 15 is 0 Å². The van der Waals surface area contributed by atoms with E-state index in [0.29, 0.717) is 17.9 Å². The van der Waals surface area contributed by atoms with Gasteiger partial charge < -0.3 is 5.73 Å². The summed E-state index contributed by atoms with van der Waals surface area (Å²) in [6.07, 6.45) is 2.28. The van der Waals surface area contributed by atoms with Crippen molar-refractivity contribution in [1.29, 1.82) is 0 Å². The maximum absolute atomic E-state index is 6.27. The highest BCUT2D eigenvalue weighted by Crippen LogP contribution is 2.50. The van der Waals surface area contributed by atoms with Crippen LogP contribution in [0, 0.1) is 18.3 Å². The molecule has 3 heteroatoms. The van der Waals surface area contributed by atoms with Gasteiger partial charge in [-0.05, 0) is 48.8 Å². The van der Waals surface area contributed by atoms with Crippen LogP contribution in [0.3, 0.4) is 0 Å². The number of aromatic nitrogens is 1. The highest BCUT2D eigenvalue weighted by molar-refractivity contribution is 7.18. The second-order valence-corrected chi connectivity index (χ2v) is 7.99. The SMILES string of the molecule is Cc1ccc2nc(C3CCC(N)C(C)C3(C)C)sc2c1. The van der Waals surface area contributed by atoms with Crippen LogP contribution < -0.4 is 5.73 Å². The summed E-state index contributed by atoms with van der Waals surface area (Å²) in [6.45, 7) is 9.16. The van der Waals surface area contributed by atoms with Crippen molar-refractivity contribution in [3.8, 4) is 0 Å². The lowest BCUT2D eigenvalue weighted by Gasteiger charge is -2.46. The molecule has 1 aliphatic carbocycles. The van der Waals surface area contributed by atoms with Crippen molar-refractivity contribution < 1.29 is 0 Å². The third-order valence-corrected chi connectivity index (χ3v) is 6.49. The topological polar surface area (TPSA) is 38.9 Å². The van der Waals surface area contributed by atoms with Gasteiger partial charge in [0.1, 0.15) is 0 Å². The number of nitrogens with two attached hydrogens (primary N) is 1. The molecule has 0 spiro atoms. The molecule has 1 aromatic heterocycles. The molecule has 1 aliphatic rings. The summed E-state index contributed by atoms with van der Waals surface area (Å²) in [5, 5.41) is 1.30. The lowest BCUT2D eigenvalue weighted by molar-refractivity contribution is 0.0993. The Labute approximate surface area is 125 Å². The zero-order valence-corrected chi connectivity index (χ0v) is 13.6. The summed E-state index contributed by atoms with van der Waals surface area (Å²) in [5.41, 5.74) is 8.95. The lowest BCUT2D eigenvalue weighted by atomic mass is 9.61. The number of thiazole rings is 1. The van der Waals surface area contributed by atoms with E-state index in [-0.39, 0.29) is 5.41 Å². The molecule has 3 atom stereocenters. The van der Waals surface area contributed by atoms with Crippen LogP contribution in [0.2, 0.25) is 0 Å². The number of benzene rings is 1. The molecule has 108 valence electrons. The maximum Gasteiger partial charge on any atom is 0.0974 e. The van der Waals surface area contributed by atoms with E-state index < -0.39 is 0 Å². The highest BCUT2D eigenvalue weighted by Gasteiger charge is 2.43. The second kappa shape index (κ2) is 4.81. The predicted octanol–water partition coefficient (Wildman–Crippen LogP) is 4.47. The Bertz CT molecular complexity index is 629. The van der Waals surface area contributed by atoms with Crippen LogP contribution >= 0.6 is 11.3 Å². The predicted molar refractivity (Wildman–Crippen MR) is 87.3 cm³/mol. The van der Waals surface area contributed by atoms with Crippen molar-refractivity contribution in [3.05, 3.63) is 28.8 Å². The highest BCUT2D eigenvalue weighted by atomic mass is 32.1. The first-order chi connectivity index (χ1) is 9.39. The average Bonchev–Trinajstić information content (AvgIpc) is 2.78. The largest absolute Gasteiger partial charge is 0.327 e. The number of hydrogen-bond acceptors (Lipinski definition) is 3. The fraction of sp³-hybridized carbons (Fsp3) is 0.588. The van der Waals surface area contributed by atoms with Crippen LogP contribution in [0.1, 0.15) is 50.1 Å². The molecule has 0 aliphatic heterocycles. The van der Waals surface area contributed by atoms with Gasteiger partial charge in [0.15, 0.2) is 0 Å². The van der Waals surface area contributed by atoms with Crippen LogP contribution in [-0.4, -0.2) is 11.0 Å². The van der Waals surface area contributed by atoms with Crippen LogP contribution in [0.5, 0.6) is 0 Å². The Kier molecular flexibility index (Phi) is 3.38. The standard InChI is InChI=1S/C17H24N2S/c1-10-5-8-14-15(9-10)20-16(19-14)12-6-7-13(18)11(2)17(12,3)4/h5,8-9,11-13H,6-7,18H2,1-4H3. The van der Waals surface area contributed by atoms with Gasteiger partial charge in [0.2, 0.25) is 0 Å². The Morgan fingerprint density at radius 2 is 2.05 bits per heavy atom. The maximum atomic E-state index is 6.27. The van der Waals surface area contributed by atoms with E-state index in [1.54, 1.807) is 0 Å². The van der Waals surface area contributed by atoms with Crippen LogP contribution in [0.25, 0.3) is 10.2 Å². The van der Waals surface area contributed by atoms with Crippen molar-refractivity contribution in [1.82, 2.24) is 4.98 Å². The molecule has 3 unspecified atom stereocenters. The first-order valence-corrected chi connectivity index (χ1v) is 8.34. The van der Waals surface area contributed by atoms with E-state index in [1.807, 2.05) is 11.3 Å². The van der Waals surface area contributed by atoms with Crippen molar-refractivity contribution >= 4 is 21.6 Å². The molecule has 20 heavy (non-hydrogen) atoms. The van der Waals surface area contributed by atoms with E-state index in [1.165, 1.54) is 15.3 Å². The van der Waals surface area contributed by atoms with Gasteiger partial charge in [0.25, 0.3) is 0 Å². The van der Waals surface area contributed by atoms with Crippen LogP contribution in [0.15, 0.2) is 18.2 Å². The van der Waals surface area contributed by atoms with Crippen molar-refractivity contribution in [2.75, 3.05) is 0 Å². The molecule has 2 N–H and O–H groups in total. The van der Waals surface area contributed by atoms with Gasteiger partial charge in [-0.15, -0.1) is 11.3 Å². The number of rotatable bonds is 1. The van der Waals surface area contributed by atoms with Crippen LogP contribution in [-0.2, 0) is 0 Å². The summed E-state index contributed by atoms with van der Waals surface area (Å²) in [4.78, 5) is 4.91. The number of fused-ring (bicyclic) bond motifs is 1. The summed E-state index contributed by atoms with van der Waals surface area (Å²) in [5.74, 6) is 1.07. The normalized spacial score (nSPS) is 29.8. The van der Waals surface area contributed by atoms with E-state index in [2.05, 4.69) is 45.9 Å². The third-order valence-electron chi connectivity index (χ3n) is 5.36. The minimum absolute atomic E-state index is 0.223. The minimum atomic E-state index is 0.223. The molecule has 0 bridgehead atoms. The molecular weight excluding hydrogens is 264 g/mol. The number of aryl methyl sites for hydroxylation is 1. The van der Waals surface area contributed by atoms with Gasteiger partial charge in [-0.25, -0.2) is 4.98 Å². The number of hydrogen-bond donors (Lipinski definition) is 1. The minimum Gasteiger partial charge on any atom is -0.327 e. The zero-order chi connectivity index (χ0) is 14.5. The molecular formula is C17H24N2S. The average molecular weight is 288 g/mol. The van der Waals surface area contributed by atoms with Crippen LogP contribution in [0.4, 0.5) is 0 Å². The smallest absolute Gasteiger partial charge is 0.0974 e. The molecule has 3 rings (SSSR count). The Morgan fingerprint density at radius 1 is 1.30 bits per heavy atom. The van der Waals surface area contributed by atoms with Gasteiger partial charge in [0, 0.05) is 12.0 Å². The Hall–Kier alpha value is -0.930. The van der Waals surface area contributed by atoms with Gasteiger partial charge in [0.05, 0.1) is 15.2 Å². The summed E-state index contributed by atoms with van der Waals surface area (Å²) >= 11 is 1.87. The lowest BCUT2D eigenvalue weighted by Crippen LogP contribution is -2.45. The molecule has 1 heterocycles. The summed E-state index contributed by atoms with van der Waals surface area (Å²) < 4.78 is 1.32. The molecule has 0 radical (unpaired) electrons. The van der Waals surface area contributed by atoms with Gasteiger partial charge in [-0.1, -0.05) is 26.8 Å². The number of nitrogens with zero attached hydrogens (tertiary/aromatic N) is 1. The third kappa shape index (κ3) is 2.17. The quantitative estimate of drug-likeness (QED) is 0.840. The van der Waals surface area contributed by atoms with E-state index in [4.69, 9.17) is 10.7 Å². The monoisotopic (exact) mass is 288 g/mol. The van der Waals surface area contributed by atoms with Crippen molar-refractivity contribution in [2.45, 2.75) is 52.5 Å². The van der Waals surface area contributed by atoms with E-state index in [0.717, 1.165) is 18.4 Å². The molecule has 2 aromatic rings. The van der Waals surface area contributed by atoms with Gasteiger partial charge in [-0.3, -0.25) is 0 Å². The summed E-state index contributed by atoms with van der Waals surface area (Å²) in [7, 11) is 0. The molecule has 0 amide bonds. The molecule has 1 aromatic carbocycles. The Balaban J connectivity index is 2.01. The fourth-order valence-corrected chi connectivity index (χ4v) is 4.89. The van der Waals surface area contributed by atoms with E-state index in [9.17, 15) is 0 Å².